The van der Waals surface area contributed by atoms with Gasteiger partial charge in [0.1, 0.15) is 0 Å². The summed E-state index contributed by atoms with van der Waals surface area (Å²) in [6, 6.07) is 2.58. The minimum Gasteiger partial charge on any atom is -0.368 e. The van der Waals surface area contributed by atoms with Crippen molar-refractivity contribution in [1.29, 1.82) is 0 Å². The van der Waals surface area contributed by atoms with Crippen LogP contribution >= 0.6 is 0 Å². The van der Waals surface area contributed by atoms with E-state index < -0.39 is 0 Å². The molecule has 0 bridgehead atoms. The van der Waals surface area contributed by atoms with Crippen molar-refractivity contribution in [3.05, 3.63) is 24.0 Å². The minimum atomic E-state index is 0.130. The van der Waals surface area contributed by atoms with Gasteiger partial charge in [-0.1, -0.05) is 19.8 Å². The number of hydrogen-bond donors (Lipinski definition) is 1. The lowest BCUT2D eigenvalue weighted by molar-refractivity contribution is -0.122. The van der Waals surface area contributed by atoms with Gasteiger partial charge in [0.2, 0.25) is 5.91 Å². The quantitative estimate of drug-likeness (QED) is 0.774. The molecule has 2 fully saturated rings. The Morgan fingerprint density at radius 2 is 1.86 bits per heavy atom. The first-order valence-electron chi connectivity index (χ1n) is 11.3. The summed E-state index contributed by atoms with van der Waals surface area (Å²) in [7, 11) is 0. The van der Waals surface area contributed by atoms with Crippen LogP contribution in [0.2, 0.25) is 0 Å². The van der Waals surface area contributed by atoms with E-state index in [1.807, 2.05) is 20.0 Å². The van der Waals surface area contributed by atoms with Gasteiger partial charge in [0, 0.05) is 38.4 Å². The highest BCUT2D eigenvalue weighted by Crippen LogP contribution is 2.38. The third-order valence-corrected chi connectivity index (χ3v) is 6.31. The van der Waals surface area contributed by atoms with Gasteiger partial charge in [0.15, 0.2) is 0 Å². The number of hydrogen-bond acceptors (Lipinski definition) is 4. The largest absolute Gasteiger partial charge is 0.368 e. The summed E-state index contributed by atoms with van der Waals surface area (Å²) in [5, 5.41) is 2.98. The Kier molecular flexibility index (Phi) is 7.72. The number of amides is 1. The average Bonchev–Trinajstić information content (AvgIpc) is 2.69. The molecule has 1 saturated heterocycles. The predicted molar refractivity (Wildman–Crippen MR) is 116 cm³/mol. The number of piperazine rings is 1. The Bertz CT molecular complexity index is 617. The molecule has 5 nitrogen and oxygen atoms in total. The van der Waals surface area contributed by atoms with Crippen LogP contribution < -0.4 is 10.2 Å². The van der Waals surface area contributed by atoms with Gasteiger partial charge >= 0.3 is 0 Å². The van der Waals surface area contributed by atoms with Crippen LogP contribution in [0.25, 0.3) is 0 Å². The van der Waals surface area contributed by atoms with Gasteiger partial charge in [0.25, 0.3) is 0 Å². The van der Waals surface area contributed by atoms with E-state index in [4.69, 9.17) is 0 Å². The molecular formula is C23H38N4O. The number of aromatic nitrogens is 1. The van der Waals surface area contributed by atoms with E-state index in [0.717, 1.165) is 32.1 Å². The molecule has 1 aromatic heterocycles. The van der Waals surface area contributed by atoms with Gasteiger partial charge in [-0.2, -0.15) is 0 Å². The lowest BCUT2D eigenvalue weighted by Gasteiger charge is -2.36. The van der Waals surface area contributed by atoms with Crippen molar-refractivity contribution in [3.8, 4) is 0 Å². The number of pyridine rings is 1. The van der Waals surface area contributed by atoms with E-state index in [-0.39, 0.29) is 11.9 Å². The van der Waals surface area contributed by atoms with Crippen molar-refractivity contribution in [2.75, 3.05) is 37.6 Å². The van der Waals surface area contributed by atoms with Gasteiger partial charge in [0.05, 0.1) is 18.4 Å². The summed E-state index contributed by atoms with van der Waals surface area (Å²) < 4.78 is 0. The highest BCUT2D eigenvalue weighted by atomic mass is 16.2. The van der Waals surface area contributed by atoms with Crippen LogP contribution in [0.1, 0.15) is 70.8 Å². The molecule has 0 radical (unpaired) electrons. The lowest BCUT2D eigenvalue weighted by atomic mass is 9.77. The highest BCUT2D eigenvalue weighted by Gasteiger charge is 2.24. The molecule has 1 N–H and O–H groups in total. The van der Waals surface area contributed by atoms with Crippen LogP contribution in [-0.2, 0) is 4.79 Å². The van der Waals surface area contributed by atoms with Crippen LogP contribution in [0, 0.1) is 5.92 Å². The normalized spacial score (nSPS) is 23.8. The molecule has 3 rings (SSSR count). The summed E-state index contributed by atoms with van der Waals surface area (Å²) in [5.41, 5.74) is 2.67. The van der Waals surface area contributed by atoms with Crippen molar-refractivity contribution >= 4 is 11.6 Å². The molecule has 156 valence electrons. The topological polar surface area (TPSA) is 48.5 Å². The molecule has 1 aliphatic carbocycles. The van der Waals surface area contributed by atoms with Gasteiger partial charge in [-0.3, -0.25) is 14.7 Å². The number of anilines is 1. The molecule has 0 aromatic carbocycles. The average molecular weight is 387 g/mol. The van der Waals surface area contributed by atoms with Gasteiger partial charge < -0.3 is 10.2 Å². The molecule has 2 aliphatic rings. The molecule has 28 heavy (non-hydrogen) atoms. The summed E-state index contributed by atoms with van der Waals surface area (Å²) in [4.78, 5) is 21.2. The molecule has 1 saturated carbocycles. The Morgan fingerprint density at radius 1 is 1.14 bits per heavy atom. The number of rotatable bonds is 7. The molecule has 0 unspecified atom stereocenters. The maximum absolute atomic E-state index is 12.0. The number of nitrogens with zero attached hydrogens (tertiary/aromatic N) is 3. The fraction of sp³-hybridized carbons (Fsp3) is 0.739. The Balaban J connectivity index is 1.50. The fourth-order valence-corrected chi connectivity index (χ4v) is 4.77. The molecule has 0 spiro atoms. The van der Waals surface area contributed by atoms with Crippen molar-refractivity contribution in [2.45, 2.75) is 71.3 Å². The first-order valence-corrected chi connectivity index (χ1v) is 11.3. The molecular weight excluding hydrogens is 348 g/mol. The molecule has 5 heteroatoms. The zero-order chi connectivity index (χ0) is 19.9. The van der Waals surface area contributed by atoms with E-state index in [1.54, 1.807) is 0 Å². The highest BCUT2D eigenvalue weighted by molar-refractivity contribution is 5.78. The lowest BCUT2D eigenvalue weighted by Crippen LogP contribution is -2.50. The first kappa shape index (κ1) is 21.1. The van der Waals surface area contributed by atoms with Gasteiger partial charge in [-0.25, -0.2) is 0 Å². The van der Waals surface area contributed by atoms with Crippen LogP contribution in [0.3, 0.4) is 0 Å². The second kappa shape index (κ2) is 10.2. The molecule has 1 amide bonds. The standard InChI is InChI=1S/C23H38N4O/c1-4-5-19-6-8-20(9-7-19)21-14-22(16-24-15-21)27-12-10-26(11-13-27)17-23(28)25-18(2)3/h14-16,18-20H,4-13,17H2,1-3H3,(H,25,28). The van der Waals surface area contributed by atoms with E-state index >= 15 is 0 Å². The Hall–Kier alpha value is -1.62. The Morgan fingerprint density at radius 3 is 2.50 bits per heavy atom. The maximum atomic E-state index is 12.0. The fourth-order valence-electron chi connectivity index (χ4n) is 4.77. The monoisotopic (exact) mass is 386 g/mol. The van der Waals surface area contributed by atoms with Crippen molar-refractivity contribution in [2.24, 2.45) is 5.92 Å². The van der Waals surface area contributed by atoms with Crippen molar-refractivity contribution in [3.63, 3.8) is 0 Å². The second-order valence-electron chi connectivity index (χ2n) is 8.97. The van der Waals surface area contributed by atoms with E-state index in [1.165, 1.54) is 49.8 Å². The van der Waals surface area contributed by atoms with E-state index in [9.17, 15) is 4.79 Å². The van der Waals surface area contributed by atoms with Crippen LogP contribution in [-0.4, -0.2) is 54.6 Å². The number of carbonyl (C=O) groups is 1. The molecule has 0 atom stereocenters. The van der Waals surface area contributed by atoms with E-state index in [0.29, 0.717) is 12.5 Å². The molecule has 2 heterocycles. The van der Waals surface area contributed by atoms with Crippen LogP contribution in [0.15, 0.2) is 18.5 Å². The summed E-state index contributed by atoms with van der Waals surface area (Å²) >= 11 is 0. The Labute approximate surface area is 170 Å². The van der Waals surface area contributed by atoms with Crippen molar-refractivity contribution < 1.29 is 4.79 Å². The van der Waals surface area contributed by atoms with Gasteiger partial charge in [-0.05, 0) is 63.0 Å². The number of nitrogens with one attached hydrogen (secondary N) is 1. The third-order valence-electron chi connectivity index (χ3n) is 6.31. The van der Waals surface area contributed by atoms with Crippen LogP contribution in [0.4, 0.5) is 5.69 Å². The maximum Gasteiger partial charge on any atom is 0.234 e. The van der Waals surface area contributed by atoms with Crippen LogP contribution in [0.5, 0.6) is 0 Å². The number of carbonyl (C=O) groups excluding carboxylic acids is 1. The molecule has 1 aromatic rings. The first-order chi connectivity index (χ1) is 13.5. The second-order valence-corrected chi connectivity index (χ2v) is 8.97. The SMILES string of the molecule is CCCC1CCC(c2cncc(N3CCN(CC(=O)NC(C)C)CC3)c2)CC1. The van der Waals surface area contributed by atoms with Crippen molar-refractivity contribution in [1.82, 2.24) is 15.2 Å². The summed E-state index contributed by atoms with van der Waals surface area (Å²) in [5.74, 6) is 1.76. The molecule has 1 aliphatic heterocycles. The smallest absolute Gasteiger partial charge is 0.234 e. The zero-order valence-corrected chi connectivity index (χ0v) is 18.0. The van der Waals surface area contributed by atoms with E-state index in [2.05, 4.69) is 39.3 Å². The zero-order valence-electron chi connectivity index (χ0n) is 18.0. The summed E-state index contributed by atoms with van der Waals surface area (Å²) in [6.45, 7) is 10.6. The minimum absolute atomic E-state index is 0.130. The van der Waals surface area contributed by atoms with Gasteiger partial charge in [-0.15, -0.1) is 0 Å². The predicted octanol–water partition coefficient (Wildman–Crippen LogP) is 3.80. The third kappa shape index (κ3) is 5.94. The summed E-state index contributed by atoms with van der Waals surface area (Å²) in [6.07, 6.45) is 12.2.